The van der Waals surface area contributed by atoms with Crippen LogP contribution in [0.4, 0.5) is 0 Å². The Bertz CT molecular complexity index is 977. The molecule has 0 saturated carbocycles. The van der Waals surface area contributed by atoms with Crippen LogP contribution in [0.3, 0.4) is 0 Å². The molecule has 2 saturated heterocycles. The van der Waals surface area contributed by atoms with Crippen LogP contribution in [0.15, 0.2) is 36.5 Å². The lowest BCUT2D eigenvalue weighted by Crippen LogP contribution is -2.65. The number of unbranched alkanes of at least 4 members (excludes halogenated alkanes) is 8. The van der Waals surface area contributed by atoms with E-state index in [2.05, 4.69) is 36.5 Å². The molecule has 9 N–H and O–H groups in total. The van der Waals surface area contributed by atoms with Crippen LogP contribution in [0.2, 0.25) is 0 Å². The Morgan fingerprint density at radius 3 is 1.88 bits per heavy atom. The fourth-order valence-electron chi connectivity index (χ4n) is 5.65. The lowest BCUT2D eigenvalue weighted by Gasteiger charge is -2.46. The number of aliphatic hydroxyl groups excluding tert-OH is 8. The molecular weight excluding hydrogens is 642 g/mol. The van der Waals surface area contributed by atoms with Gasteiger partial charge in [-0.3, -0.25) is 4.79 Å². The van der Waals surface area contributed by atoms with E-state index >= 15 is 0 Å². The monoisotopic (exact) mass is 703 g/mol. The number of amides is 1. The summed E-state index contributed by atoms with van der Waals surface area (Å²) in [6, 6.07) is -0.934. The number of carbonyl (C=O) groups is 1. The highest BCUT2D eigenvalue weighted by Crippen LogP contribution is 2.29. The lowest BCUT2D eigenvalue weighted by molar-refractivity contribution is -0.359. The first kappa shape index (κ1) is 43.4. The van der Waals surface area contributed by atoms with Crippen molar-refractivity contribution in [3.63, 3.8) is 0 Å². The molecule has 0 spiro atoms. The van der Waals surface area contributed by atoms with Crippen molar-refractivity contribution in [3.8, 4) is 0 Å². The van der Waals surface area contributed by atoms with Crippen molar-refractivity contribution < 1.29 is 64.6 Å². The quantitative estimate of drug-likeness (QED) is 0.0522. The smallest absolute Gasteiger partial charge is 0.217 e. The van der Waals surface area contributed by atoms with Gasteiger partial charge < -0.3 is 65.1 Å². The molecule has 0 aliphatic carbocycles. The van der Waals surface area contributed by atoms with E-state index in [4.69, 9.17) is 18.9 Å². The molecule has 284 valence electrons. The van der Waals surface area contributed by atoms with E-state index in [0.29, 0.717) is 6.42 Å². The number of aliphatic hydroxyl groups is 8. The molecule has 14 nitrogen and oxygen atoms in total. The minimum absolute atomic E-state index is 0.331. The second kappa shape index (κ2) is 24.4. The van der Waals surface area contributed by atoms with Crippen molar-refractivity contribution in [1.29, 1.82) is 0 Å². The van der Waals surface area contributed by atoms with Crippen molar-refractivity contribution in [2.24, 2.45) is 0 Å². The van der Waals surface area contributed by atoms with Gasteiger partial charge in [-0.05, 0) is 38.5 Å². The van der Waals surface area contributed by atoms with E-state index in [0.717, 1.165) is 25.7 Å². The second-order valence-electron chi connectivity index (χ2n) is 12.7. The van der Waals surface area contributed by atoms with Gasteiger partial charge in [-0.15, -0.1) is 0 Å². The number of hydrogen-bond acceptors (Lipinski definition) is 13. The fraction of sp³-hybridized carbons (Fsp3) is 0.800. The highest BCUT2D eigenvalue weighted by molar-refractivity contribution is 5.73. The number of ether oxygens (including phenoxy) is 4. The van der Waals surface area contributed by atoms with Crippen LogP contribution >= 0.6 is 0 Å². The Morgan fingerprint density at radius 1 is 0.714 bits per heavy atom. The molecule has 0 radical (unpaired) electrons. The number of allylic oxidation sites excluding steroid dienone is 5. The van der Waals surface area contributed by atoms with Crippen LogP contribution in [-0.4, -0.2) is 140 Å². The van der Waals surface area contributed by atoms with Crippen LogP contribution in [0.1, 0.15) is 84.5 Å². The summed E-state index contributed by atoms with van der Waals surface area (Å²) >= 11 is 0. The molecular formula is C35H61NO13. The van der Waals surface area contributed by atoms with Gasteiger partial charge in [0.2, 0.25) is 5.91 Å². The number of rotatable bonds is 23. The maximum atomic E-state index is 11.8. The van der Waals surface area contributed by atoms with E-state index in [1.165, 1.54) is 51.5 Å². The van der Waals surface area contributed by atoms with Gasteiger partial charge in [0.1, 0.15) is 48.8 Å². The van der Waals surface area contributed by atoms with Gasteiger partial charge in [0.05, 0.1) is 32.0 Å². The molecule has 0 bridgehead atoms. The standard InChI is InChI=1S/C35H61NO13/c1-3-4-5-6-7-8-9-10-11-12-13-14-15-16-17-18-19-25(40)24(36-23(2)39)22-46-34-32(45)30(43)33(27(21-38)48-34)49-35-31(44)29(42)28(41)26(20-37)47-35/h10-11,14-15,18-19,24-35,37-38,40-45H,3-9,12-13,16-17,20-22H2,1-2H3,(H,36,39)/b11-10+,15-14+,19-18+. The SMILES string of the molecule is CCCCCCCC/C=C/CC/C=C/CC/C=C/C(O)C(COC1OC(CO)C(OC2OC(CO)C(O)C(O)C2O)C(O)C1O)NC(C)=O. The van der Waals surface area contributed by atoms with Crippen molar-refractivity contribution in [1.82, 2.24) is 5.32 Å². The highest BCUT2D eigenvalue weighted by atomic mass is 16.7. The molecule has 2 aliphatic heterocycles. The van der Waals surface area contributed by atoms with Crippen molar-refractivity contribution in [2.45, 2.75) is 158 Å². The summed E-state index contributed by atoms with van der Waals surface area (Å²) in [6.45, 7) is 1.74. The summed E-state index contributed by atoms with van der Waals surface area (Å²) in [6.07, 6.45) is 7.36. The van der Waals surface area contributed by atoms with Crippen molar-refractivity contribution in [3.05, 3.63) is 36.5 Å². The van der Waals surface area contributed by atoms with E-state index < -0.39 is 92.7 Å². The average molecular weight is 704 g/mol. The van der Waals surface area contributed by atoms with Crippen LogP contribution in [0.5, 0.6) is 0 Å². The molecule has 2 aliphatic rings. The Morgan fingerprint density at radius 2 is 1.27 bits per heavy atom. The van der Waals surface area contributed by atoms with E-state index in [-0.39, 0.29) is 6.61 Å². The zero-order valence-electron chi connectivity index (χ0n) is 28.9. The Balaban J connectivity index is 1.80. The van der Waals surface area contributed by atoms with Gasteiger partial charge in [-0.2, -0.15) is 0 Å². The van der Waals surface area contributed by atoms with Crippen molar-refractivity contribution >= 4 is 5.91 Å². The largest absolute Gasteiger partial charge is 0.394 e. The maximum Gasteiger partial charge on any atom is 0.217 e. The van der Waals surface area contributed by atoms with Gasteiger partial charge >= 0.3 is 0 Å². The lowest BCUT2D eigenvalue weighted by atomic mass is 9.97. The first-order valence-corrected chi connectivity index (χ1v) is 17.7. The Kier molecular flexibility index (Phi) is 21.6. The summed E-state index contributed by atoms with van der Waals surface area (Å²) in [5.74, 6) is -0.434. The molecule has 1 amide bonds. The molecule has 2 fully saturated rings. The minimum Gasteiger partial charge on any atom is -0.394 e. The topological polar surface area (TPSA) is 228 Å². The highest BCUT2D eigenvalue weighted by Gasteiger charge is 2.50. The molecule has 14 heteroatoms. The van der Waals surface area contributed by atoms with Crippen LogP contribution in [-0.2, 0) is 23.7 Å². The third-order valence-corrected chi connectivity index (χ3v) is 8.59. The zero-order valence-corrected chi connectivity index (χ0v) is 28.9. The molecule has 12 atom stereocenters. The molecule has 2 heterocycles. The third kappa shape index (κ3) is 15.2. The molecule has 49 heavy (non-hydrogen) atoms. The summed E-state index contributed by atoms with van der Waals surface area (Å²) < 4.78 is 22.1. The molecule has 12 unspecified atom stereocenters. The Labute approximate surface area is 290 Å². The second-order valence-corrected chi connectivity index (χ2v) is 12.7. The average Bonchev–Trinajstić information content (AvgIpc) is 3.08. The molecule has 0 aromatic carbocycles. The Hall–Kier alpha value is -1.79. The summed E-state index contributed by atoms with van der Waals surface area (Å²) in [5.41, 5.74) is 0. The van der Waals surface area contributed by atoms with E-state index in [1.54, 1.807) is 6.08 Å². The van der Waals surface area contributed by atoms with Gasteiger partial charge in [-0.25, -0.2) is 0 Å². The van der Waals surface area contributed by atoms with E-state index in [1.807, 2.05) is 0 Å². The summed E-state index contributed by atoms with van der Waals surface area (Å²) in [4.78, 5) is 11.8. The van der Waals surface area contributed by atoms with Crippen LogP contribution in [0.25, 0.3) is 0 Å². The first-order valence-electron chi connectivity index (χ1n) is 17.7. The first-order chi connectivity index (χ1) is 23.5. The van der Waals surface area contributed by atoms with Crippen molar-refractivity contribution in [2.75, 3.05) is 19.8 Å². The zero-order chi connectivity index (χ0) is 36.2. The number of nitrogens with one attached hydrogen (secondary N) is 1. The fourth-order valence-corrected chi connectivity index (χ4v) is 5.65. The van der Waals surface area contributed by atoms with Gasteiger partial charge in [-0.1, -0.05) is 75.5 Å². The summed E-state index contributed by atoms with van der Waals surface area (Å²) in [5, 5.41) is 84.5. The third-order valence-electron chi connectivity index (χ3n) is 8.59. The summed E-state index contributed by atoms with van der Waals surface area (Å²) in [7, 11) is 0. The molecule has 0 aromatic rings. The van der Waals surface area contributed by atoms with Gasteiger partial charge in [0.15, 0.2) is 12.6 Å². The van der Waals surface area contributed by atoms with Gasteiger partial charge in [0.25, 0.3) is 0 Å². The predicted molar refractivity (Wildman–Crippen MR) is 180 cm³/mol. The van der Waals surface area contributed by atoms with Crippen LogP contribution in [0, 0.1) is 0 Å². The van der Waals surface area contributed by atoms with Crippen LogP contribution < -0.4 is 5.32 Å². The van der Waals surface area contributed by atoms with Gasteiger partial charge in [0, 0.05) is 6.92 Å². The normalized spacial score (nSPS) is 32.3. The predicted octanol–water partition coefficient (Wildman–Crippen LogP) is 0.472. The minimum atomic E-state index is -1.79. The van der Waals surface area contributed by atoms with E-state index in [9.17, 15) is 45.6 Å². The number of carbonyl (C=O) groups excluding carboxylic acids is 1. The molecule has 2 rings (SSSR count). The molecule has 0 aromatic heterocycles. The maximum absolute atomic E-state index is 11.8. The number of hydrogen-bond donors (Lipinski definition) is 9.